The molecule has 1 aromatic rings. The Bertz CT molecular complexity index is 475. The van der Waals surface area contributed by atoms with Crippen LogP contribution in [-0.2, 0) is 16.1 Å². The van der Waals surface area contributed by atoms with Crippen molar-refractivity contribution in [1.82, 2.24) is 10.6 Å². The molecule has 3 N–H and O–H groups in total. The molecule has 0 spiro atoms. The van der Waals surface area contributed by atoms with Gasteiger partial charge in [0.25, 0.3) is 0 Å². The molecule has 1 rings (SSSR count). The smallest absolute Gasteiger partial charge is 0.221 e. The predicted octanol–water partition coefficient (Wildman–Crippen LogP) is 0.879. The maximum atomic E-state index is 11.5. The van der Waals surface area contributed by atoms with E-state index in [1.54, 1.807) is 26.3 Å². The molecule has 0 saturated carbocycles. The molecule has 0 unspecified atom stereocenters. The molecule has 6 nitrogen and oxygen atoms in total. The van der Waals surface area contributed by atoms with Gasteiger partial charge in [-0.25, -0.2) is 0 Å². The summed E-state index contributed by atoms with van der Waals surface area (Å²) in [6.07, 6.45) is 0.436. The fourth-order valence-corrected chi connectivity index (χ4v) is 1.68. The van der Waals surface area contributed by atoms with Crippen molar-refractivity contribution in [2.75, 3.05) is 26.0 Å². The number of amides is 2. The number of rotatable bonds is 7. The molecule has 20 heavy (non-hydrogen) atoms. The summed E-state index contributed by atoms with van der Waals surface area (Å²) in [5.74, 6) is 0.403. The third-order valence-electron chi connectivity index (χ3n) is 2.67. The number of methoxy groups -OCH3 is 1. The molecular weight excluding hydrogens is 258 g/mol. The average molecular weight is 279 g/mol. The first-order valence-electron chi connectivity index (χ1n) is 6.42. The maximum Gasteiger partial charge on any atom is 0.221 e. The van der Waals surface area contributed by atoms with E-state index < -0.39 is 0 Å². The molecule has 0 aliphatic rings. The Labute approximate surface area is 118 Å². The summed E-state index contributed by atoms with van der Waals surface area (Å²) in [5.41, 5.74) is 1.49. The lowest BCUT2D eigenvalue weighted by atomic mass is 10.1. The van der Waals surface area contributed by atoms with Gasteiger partial charge in [-0.2, -0.15) is 0 Å². The molecule has 0 saturated heterocycles. The van der Waals surface area contributed by atoms with E-state index in [1.807, 2.05) is 6.07 Å². The zero-order valence-corrected chi connectivity index (χ0v) is 12.1. The number of hydrogen-bond acceptors (Lipinski definition) is 4. The Hall–Kier alpha value is -2.08. The molecule has 2 amide bonds. The number of nitrogens with one attached hydrogen (secondary N) is 3. The van der Waals surface area contributed by atoms with Crippen LogP contribution in [0.15, 0.2) is 18.2 Å². The van der Waals surface area contributed by atoms with Crippen molar-refractivity contribution in [3.63, 3.8) is 0 Å². The second kappa shape index (κ2) is 8.16. The van der Waals surface area contributed by atoms with Crippen LogP contribution in [0, 0.1) is 0 Å². The van der Waals surface area contributed by atoms with E-state index >= 15 is 0 Å². The summed E-state index contributed by atoms with van der Waals surface area (Å²) in [4.78, 5) is 22.6. The first kappa shape index (κ1) is 16.0. The summed E-state index contributed by atoms with van der Waals surface area (Å²) in [7, 11) is 3.34. The van der Waals surface area contributed by atoms with Crippen molar-refractivity contribution in [2.45, 2.75) is 19.9 Å². The van der Waals surface area contributed by atoms with Crippen LogP contribution < -0.4 is 20.7 Å². The van der Waals surface area contributed by atoms with Gasteiger partial charge in [0.2, 0.25) is 11.8 Å². The molecule has 0 aliphatic heterocycles. The van der Waals surface area contributed by atoms with Crippen molar-refractivity contribution in [2.24, 2.45) is 0 Å². The standard InChI is InChI=1S/C14H21N3O3/c1-10(18)17-12-8-11(4-5-13(12)20-3)9-16-14(19)6-7-15-2/h4-5,8,15H,6-7,9H2,1-3H3,(H,16,19)(H,17,18). The van der Waals surface area contributed by atoms with E-state index in [9.17, 15) is 9.59 Å². The molecule has 1 aromatic carbocycles. The van der Waals surface area contributed by atoms with Crippen molar-refractivity contribution in [3.8, 4) is 5.75 Å². The molecule has 0 aromatic heterocycles. The van der Waals surface area contributed by atoms with Crippen LogP contribution in [0.3, 0.4) is 0 Å². The van der Waals surface area contributed by atoms with Crippen molar-refractivity contribution in [3.05, 3.63) is 23.8 Å². The number of anilines is 1. The van der Waals surface area contributed by atoms with Crippen LogP contribution in [0.1, 0.15) is 18.9 Å². The van der Waals surface area contributed by atoms with Gasteiger partial charge in [-0.1, -0.05) is 6.07 Å². The van der Waals surface area contributed by atoms with Crippen molar-refractivity contribution >= 4 is 17.5 Å². The van der Waals surface area contributed by atoms with E-state index in [0.717, 1.165) is 5.56 Å². The monoisotopic (exact) mass is 279 g/mol. The lowest BCUT2D eigenvalue weighted by Crippen LogP contribution is -2.26. The molecule has 6 heteroatoms. The first-order chi connectivity index (χ1) is 9.56. The Kier molecular flexibility index (Phi) is 6.52. The lowest BCUT2D eigenvalue weighted by Gasteiger charge is -2.11. The lowest BCUT2D eigenvalue weighted by molar-refractivity contribution is -0.121. The van der Waals surface area contributed by atoms with E-state index in [2.05, 4.69) is 16.0 Å². The first-order valence-corrected chi connectivity index (χ1v) is 6.42. The van der Waals surface area contributed by atoms with Gasteiger partial charge in [-0.15, -0.1) is 0 Å². The molecule has 0 bridgehead atoms. The number of carbonyl (C=O) groups is 2. The molecule has 0 atom stereocenters. The molecule has 0 radical (unpaired) electrons. The minimum absolute atomic E-state index is 0.0174. The predicted molar refractivity (Wildman–Crippen MR) is 77.7 cm³/mol. The Morgan fingerprint density at radius 1 is 1.30 bits per heavy atom. The van der Waals surface area contributed by atoms with Gasteiger partial charge in [0.15, 0.2) is 0 Å². The van der Waals surface area contributed by atoms with Gasteiger partial charge < -0.3 is 20.7 Å². The zero-order chi connectivity index (χ0) is 15.0. The van der Waals surface area contributed by atoms with E-state index in [4.69, 9.17) is 4.74 Å². The highest BCUT2D eigenvalue weighted by Gasteiger charge is 2.07. The highest BCUT2D eigenvalue weighted by atomic mass is 16.5. The summed E-state index contributed by atoms with van der Waals surface area (Å²) in [6.45, 7) is 2.50. The summed E-state index contributed by atoms with van der Waals surface area (Å²) < 4.78 is 5.17. The molecular formula is C14H21N3O3. The molecule has 0 aliphatic carbocycles. The molecule has 0 heterocycles. The van der Waals surface area contributed by atoms with Gasteiger partial charge >= 0.3 is 0 Å². The van der Waals surface area contributed by atoms with Gasteiger partial charge in [0, 0.05) is 26.4 Å². The van der Waals surface area contributed by atoms with Gasteiger partial charge in [-0.3, -0.25) is 9.59 Å². The summed E-state index contributed by atoms with van der Waals surface area (Å²) >= 11 is 0. The van der Waals surface area contributed by atoms with Crippen LogP contribution in [0.5, 0.6) is 5.75 Å². The van der Waals surface area contributed by atoms with Crippen LogP contribution in [0.4, 0.5) is 5.69 Å². The zero-order valence-electron chi connectivity index (χ0n) is 12.1. The van der Waals surface area contributed by atoms with Crippen molar-refractivity contribution < 1.29 is 14.3 Å². The Balaban J connectivity index is 2.66. The number of hydrogen-bond donors (Lipinski definition) is 3. The van der Waals surface area contributed by atoms with Gasteiger partial charge in [-0.05, 0) is 24.7 Å². The number of benzene rings is 1. The normalized spacial score (nSPS) is 9.95. The summed E-state index contributed by atoms with van der Waals surface area (Å²) in [6, 6.07) is 5.40. The Morgan fingerprint density at radius 2 is 2.05 bits per heavy atom. The largest absolute Gasteiger partial charge is 0.495 e. The van der Waals surface area contributed by atoms with Crippen LogP contribution in [-0.4, -0.2) is 32.5 Å². The highest BCUT2D eigenvalue weighted by Crippen LogP contribution is 2.25. The fourth-order valence-electron chi connectivity index (χ4n) is 1.68. The molecule has 110 valence electrons. The average Bonchev–Trinajstić information content (AvgIpc) is 2.42. The quantitative estimate of drug-likeness (QED) is 0.692. The third-order valence-corrected chi connectivity index (χ3v) is 2.67. The second-order valence-electron chi connectivity index (χ2n) is 4.35. The second-order valence-corrected chi connectivity index (χ2v) is 4.35. The molecule has 0 fully saturated rings. The third kappa shape index (κ3) is 5.27. The number of ether oxygens (including phenoxy) is 1. The Morgan fingerprint density at radius 3 is 2.65 bits per heavy atom. The minimum Gasteiger partial charge on any atom is -0.495 e. The highest BCUT2D eigenvalue weighted by molar-refractivity contribution is 5.90. The van der Waals surface area contributed by atoms with Crippen LogP contribution >= 0.6 is 0 Å². The van der Waals surface area contributed by atoms with E-state index in [0.29, 0.717) is 30.9 Å². The SMILES string of the molecule is CNCCC(=O)NCc1ccc(OC)c(NC(C)=O)c1. The summed E-state index contributed by atoms with van der Waals surface area (Å²) in [5, 5.41) is 8.44. The van der Waals surface area contributed by atoms with E-state index in [-0.39, 0.29) is 11.8 Å². The fraction of sp³-hybridized carbons (Fsp3) is 0.429. The van der Waals surface area contributed by atoms with E-state index in [1.165, 1.54) is 6.92 Å². The minimum atomic E-state index is -0.168. The van der Waals surface area contributed by atoms with Crippen molar-refractivity contribution in [1.29, 1.82) is 0 Å². The topological polar surface area (TPSA) is 79.5 Å². The maximum absolute atomic E-state index is 11.5. The number of carbonyl (C=O) groups excluding carboxylic acids is 2. The van der Waals surface area contributed by atoms with Crippen LogP contribution in [0.2, 0.25) is 0 Å². The van der Waals surface area contributed by atoms with Gasteiger partial charge in [0.1, 0.15) is 5.75 Å². The van der Waals surface area contributed by atoms with Crippen LogP contribution in [0.25, 0.3) is 0 Å². The van der Waals surface area contributed by atoms with Gasteiger partial charge in [0.05, 0.1) is 12.8 Å².